The number of furan rings is 1. The zero-order chi connectivity index (χ0) is 35.7. The number of alkyl halides is 6. The SMILES string of the molecule is CCCC1=C([C@H](O)CC/C(=C/c2ccc(CO)o2)c2ccccc2)[C@H](CO)[C@@H]2C(=O)N(c3cc(C(F)(F)F)cc(C(F)(F)F)c3)C(=O)[C@@H]2C1. The minimum absolute atomic E-state index is 0.0503. The molecule has 1 aliphatic carbocycles. The highest BCUT2D eigenvalue weighted by Crippen LogP contribution is 2.49. The van der Waals surface area contributed by atoms with Gasteiger partial charge in [0.1, 0.15) is 18.1 Å². The Morgan fingerprint density at radius 2 is 1.61 bits per heavy atom. The summed E-state index contributed by atoms with van der Waals surface area (Å²) in [6.45, 7) is 0.871. The molecule has 1 aliphatic heterocycles. The summed E-state index contributed by atoms with van der Waals surface area (Å²) in [6.07, 6.45) is -8.53. The van der Waals surface area contributed by atoms with Crippen LogP contribution < -0.4 is 4.90 Å². The molecule has 0 radical (unpaired) electrons. The summed E-state index contributed by atoms with van der Waals surface area (Å²) in [5, 5.41) is 31.7. The molecule has 4 atom stereocenters. The van der Waals surface area contributed by atoms with Crippen molar-refractivity contribution in [3.8, 4) is 0 Å². The van der Waals surface area contributed by atoms with E-state index in [1.165, 1.54) is 0 Å². The molecule has 1 aromatic heterocycles. The van der Waals surface area contributed by atoms with Crippen molar-refractivity contribution < 1.29 is 55.7 Å². The Kier molecular flexibility index (Phi) is 10.6. The number of aliphatic hydroxyl groups is 3. The molecule has 1 fully saturated rings. The zero-order valence-electron chi connectivity index (χ0n) is 26.4. The minimum Gasteiger partial charge on any atom is -0.459 e. The number of carbonyl (C=O) groups excluding carboxylic acids is 2. The average molecular weight is 692 g/mol. The molecule has 3 aromatic rings. The minimum atomic E-state index is -5.19. The highest BCUT2D eigenvalue weighted by molar-refractivity contribution is 6.22. The third-order valence-corrected chi connectivity index (χ3v) is 9.11. The molecule has 0 bridgehead atoms. The lowest BCUT2D eigenvalue weighted by molar-refractivity contribution is -0.143. The van der Waals surface area contributed by atoms with Gasteiger partial charge in [-0.3, -0.25) is 9.59 Å². The van der Waals surface area contributed by atoms with Gasteiger partial charge in [-0.25, -0.2) is 4.90 Å². The first kappa shape index (κ1) is 36.1. The van der Waals surface area contributed by atoms with Crippen LogP contribution in [0.5, 0.6) is 0 Å². The van der Waals surface area contributed by atoms with E-state index >= 15 is 0 Å². The molecule has 262 valence electrons. The van der Waals surface area contributed by atoms with E-state index in [9.17, 15) is 51.3 Å². The van der Waals surface area contributed by atoms with Crippen LogP contribution in [-0.4, -0.2) is 39.8 Å². The van der Waals surface area contributed by atoms with E-state index in [2.05, 4.69) is 0 Å². The number of hydrogen-bond donors (Lipinski definition) is 3. The Morgan fingerprint density at radius 3 is 2.16 bits per heavy atom. The molecule has 2 heterocycles. The number of fused-ring (bicyclic) bond motifs is 1. The second kappa shape index (κ2) is 14.3. The van der Waals surface area contributed by atoms with Gasteiger partial charge in [-0.05, 0) is 78.8 Å². The van der Waals surface area contributed by atoms with E-state index < -0.39 is 71.4 Å². The van der Waals surface area contributed by atoms with Gasteiger partial charge in [0, 0.05) is 5.92 Å². The van der Waals surface area contributed by atoms with Gasteiger partial charge < -0.3 is 19.7 Å². The molecule has 3 N–H and O–H groups in total. The van der Waals surface area contributed by atoms with Gasteiger partial charge >= 0.3 is 12.4 Å². The maximum absolute atomic E-state index is 13.8. The highest BCUT2D eigenvalue weighted by Gasteiger charge is 2.55. The van der Waals surface area contributed by atoms with E-state index in [-0.39, 0.29) is 25.5 Å². The van der Waals surface area contributed by atoms with Crippen LogP contribution in [0.4, 0.5) is 32.0 Å². The molecular formula is C36H35F6NO6. The van der Waals surface area contributed by atoms with Crippen molar-refractivity contribution in [1.82, 2.24) is 0 Å². The predicted octanol–water partition coefficient (Wildman–Crippen LogP) is 7.41. The van der Waals surface area contributed by atoms with Gasteiger partial charge in [0.15, 0.2) is 0 Å². The standard InChI is InChI=1S/C36H35F6NO6/c1-2-6-22-14-28-32(34(48)43(33(28)47)25-16-23(35(37,38)39)15-24(17-25)36(40,41)42)29(19-45)31(22)30(46)12-9-21(20-7-4-3-5-8-20)13-26-10-11-27(18-44)49-26/h3-5,7-8,10-11,13,15-17,28-30,32,44-46H,2,6,9,12,14,18-19H2,1H3/b21-13-/t28-,29+,30-,32-/m1/s1. The fourth-order valence-corrected chi connectivity index (χ4v) is 6.95. The van der Waals surface area contributed by atoms with Gasteiger partial charge in [0.25, 0.3) is 0 Å². The maximum Gasteiger partial charge on any atom is 0.416 e. The van der Waals surface area contributed by atoms with E-state index in [0.29, 0.717) is 59.0 Å². The van der Waals surface area contributed by atoms with Gasteiger partial charge in [-0.2, -0.15) is 26.3 Å². The zero-order valence-corrected chi connectivity index (χ0v) is 26.4. The third kappa shape index (κ3) is 7.53. The molecule has 13 heteroatoms. The number of halogens is 6. The van der Waals surface area contributed by atoms with Crippen molar-refractivity contribution in [3.63, 3.8) is 0 Å². The molecule has 1 saturated heterocycles. The number of rotatable bonds is 11. The number of aliphatic hydroxyl groups excluding tert-OH is 3. The molecule has 0 saturated carbocycles. The lowest BCUT2D eigenvalue weighted by Crippen LogP contribution is -2.39. The molecule has 49 heavy (non-hydrogen) atoms. The van der Waals surface area contributed by atoms with Crippen molar-refractivity contribution >= 4 is 29.2 Å². The largest absolute Gasteiger partial charge is 0.459 e. The van der Waals surface area contributed by atoms with E-state index in [1.54, 1.807) is 18.2 Å². The summed E-state index contributed by atoms with van der Waals surface area (Å²) in [7, 11) is 0. The number of amides is 2. The Morgan fingerprint density at radius 1 is 0.959 bits per heavy atom. The maximum atomic E-state index is 13.8. The van der Waals surface area contributed by atoms with Gasteiger partial charge in [-0.1, -0.05) is 49.2 Å². The number of allylic oxidation sites excluding steroid dienone is 2. The molecule has 7 nitrogen and oxygen atoms in total. The van der Waals surface area contributed by atoms with E-state index in [1.807, 2.05) is 37.3 Å². The Hall–Kier alpha value is -4.20. The van der Waals surface area contributed by atoms with Crippen LogP contribution in [0, 0.1) is 17.8 Å². The van der Waals surface area contributed by atoms with Gasteiger partial charge in [0.2, 0.25) is 11.8 Å². The fourth-order valence-electron chi connectivity index (χ4n) is 6.95. The molecule has 0 unspecified atom stereocenters. The van der Waals surface area contributed by atoms with Crippen molar-refractivity contribution in [2.24, 2.45) is 17.8 Å². The second-order valence-electron chi connectivity index (χ2n) is 12.3. The predicted molar refractivity (Wildman–Crippen MR) is 167 cm³/mol. The molecular weight excluding hydrogens is 656 g/mol. The fraction of sp³-hybridized carbons (Fsp3) is 0.389. The Balaban J connectivity index is 1.48. The van der Waals surface area contributed by atoms with Gasteiger partial charge in [-0.15, -0.1) is 0 Å². The first-order chi connectivity index (χ1) is 23.2. The smallest absolute Gasteiger partial charge is 0.416 e. The van der Waals surface area contributed by atoms with Crippen LogP contribution in [-0.2, 0) is 28.5 Å². The summed E-state index contributed by atoms with van der Waals surface area (Å²) >= 11 is 0. The van der Waals surface area contributed by atoms with E-state index in [0.717, 1.165) is 11.1 Å². The van der Waals surface area contributed by atoms with Crippen LogP contribution in [0.15, 0.2) is 76.2 Å². The van der Waals surface area contributed by atoms with Gasteiger partial charge in [0.05, 0.1) is 41.4 Å². The molecule has 5 rings (SSSR count). The Labute approximate surface area is 278 Å². The average Bonchev–Trinajstić information content (AvgIpc) is 3.62. The van der Waals surface area contributed by atoms with Crippen LogP contribution >= 0.6 is 0 Å². The van der Waals surface area contributed by atoms with Crippen molar-refractivity contribution in [2.45, 2.75) is 64.1 Å². The second-order valence-corrected chi connectivity index (χ2v) is 12.3. The summed E-state index contributed by atoms with van der Waals surface area (Å²) < 4.78 is 87.5. The van der Waals surface area contributed by atoms with Crippen LogP contribution in [0.3, 0.4) is 0 Å². The normalized spacial score (nSPS) is 21.1. The van der Waals surface area contributed by atoms with Crippen molar-refractivity contribution in [3.05, 3.63) is 100 Å². The molecule has 2 aliphatic rings. The first-order valence-corrected chi connectivity index (χ1v) is 15.8. The number of nitrogens with zero attached hydrogens (tertiary/aromatic N) is 1. The summed E-state index contributed by atoms with van der Waals surface area (Å²) in [6, 6.07) is 13.2. The lowest BCUT2D eigenvalue weighted by atomic mass is 9.67. The highest BCUT2D eigenvalue weighted by atomic mass is 19.4. The number of hydrogen-bond acceptors (Lipinski definition) is 6. The number of benzene rings is 2. The number of carbonyl (C=O) groups is 2. The molecule has 0 spiro atoms. The quantitative estimate of drug-likeness (QED) is 0.110. The van der Waals surface area contributed by atoms with E-state index in [4.69, 9.17) is 4.42 Å². The lowest BCUT2D eigenvalue weighted by Gasteiger charge is -2.36. The van der Waals surface area contributed by atoms with Crippen LogP contribution in [0.1, 0.15) is 67.2 Å². The van der Waals surface area contributed by atoms with Crippen molar-refractivity contribution in [1.29, 1.82) is 0 Å². The molecule has 2 amide bonds. The summed E-state index contributed by atoms with van der Waals surface area (Å²) in [5.74, 6) is -4.73. The number of anilines is 1. The van der Waals surface area contributed by atoms with Crippen LogP contribution in [0.2, 0.25) is 0 Å². The first-order valence-electron chi connectivity index (χ1n) is 15.8. The third-order valence-electron chi connectivity index (χ3n) is 9.11. The summed E-state index contributed by atoms with van der Waals surface area (Å²) in [5.41, 5.74) is -1.64. The van der Waals surface area contributed by atoms with Crippen LogP contribution in [0.25, 0.3) is 11.6 Å². The monoisotopic (exact) mass is 691 g/mol. The topological polar surface area (TPSA) is 111 Å². The van der Waals surface area contributed by atoms with Crippen molar-refractivity contribution in [2.75, 3.05) is 11.5 Å². The Bertz CT molecular complexity index is 1710. The summed E-state index contributed by atoms with van der Waals surface area (Å²) in [4.78, 5) is 27.9. The number of imide groups is 1. The molecule has 2 aromatic carbocycles.